The Balaban J connectivity index is 3.40. The molecule has 0 aliphatic heterocycles. The van der Waals surface area contributed by atoms with Gasteiger partial charge < -0.3 is 15.2 Å². The van der Waals surface area contributed by atoms with Gasteiger partial charge in [0.15, 0.2) is 5.75 Å². The molecule has 0 unspecified atom stereocenters. The van der Waals surface area contributed by atoms with Crippen molar-refractivity contribution >= 4 is 5.97 Å². The summed E-state index contributed by atoms with van der Waals surface area (Å²) in [6, 6.07) is 0.701. The molecule has 1 rings (SSSR count). The molecule has 21 heavy (non-hydrogen) atoms. The van der Waals surface area contributed by atoms with Gasteiger partial charge in [0.2, 0.25) is 0 Å². The molecular weight excluding hydrogens is 303 g/mol. The van der Waals surface area contributed by atoms with E-state index in [1.54, 1.807) is 0 Å². The number of alkyl halides is 5. The molecule has 0 aliphatic rings. The Hall–Kier alpha value is -1.97. The first kappa shape index (κ1) is 17.1. The van der Waals surface area contributed by atoms with Gasteiger partial charge in [0, 0.05) is 6.54 Å². The molecule has 0 atom stereocenters. The molecule has 0 amide bonds. The molecule has 0 radical (unpaired) electrons. The van der Waals surface area contributed by atoms with Crippen molar-refractivity contribution in [2.24, 2.45) is 5.73 Å². The lowest BCUT2D eigenvalue weighted by Gasteiger charge is -2.17. The highest BCUT2D eigenvalue weighted by molar-refractivity contribution is 5.73. The highest BCUT2D eigenvalue weighted by Gasteiger charge is 2.35. The molecule has 1 aromatic heterocycles. The van der Waals surface area contributed by atoms with Gasteiger partial charge in [-0.2, -0.15) is 0 Å². The average molecular weight is 314 g/mol. The second kappa shape index (κ2) is 6.66. The van der Waals surface area contributed by atoms with Crippen LogP contribution in [-0.4, -0.2) is 24.4 Å². The zero-order valence-electron chi connectivity index (χ0n) is 10.7. The summed E-state index contributed by atoms with van der Waals surface area (Å²) in [7, 11) is 0.993. The normalized spacial score (nSPS) is 11.6. The molecule has 0 aromatic carbocycles. The number of carbonyl (C=O) groups is 1. The Labute approximate surface area is 115 Å². The van der Waals surface area contributed by atoms with E-state index >= 15 is 0 Å². The minimum atomic E-state index is -5.21. The minimum absolute atomic E-state index is 0.0984. The highest BCUT2D eigenvalue weighted by Crippen LogP contribution is 2.36. The third-order valence-corrected chi connectivity index (χ3v) is 2.33. The Morgan fingerprint density at radius 1 is 1.43 bits per heavy atom. The lowest BCUT2D eigenvalue weighted by molar-refractivity contribution is -0.275. The van der Waals surface area contributed by atoms with E-state index in [4.69, 9.17) is 5.73 Å². The molecule has 0 fully saturated rings. The first-order valence-corrected chi connectivity index (χ1v) is 5.51. The van der Waals surface area contributed by atoms with Crippen molar-refractivity contribution in [3.63, 3.8) is 0 Å². The van der Waals surface area contributed by atoms with Crippen molar-refractivity contribution in [3.8, 4) is 5.75 Å². The summed E-state index contributed by atoms with van der Waals surface area (Å²) in [6.07, 6.45) is -9.22. The summed E-state index contributed by atoms with van der Waals surface area (Å²) >= 11 is 0. The molecule has 1 heterocycles. The van der Waals surface area contributed by atoms with Crippen LogP contribution in [-0.2, 0) is 22.5 Å². The largest absolute Gasteiger partial charge is 0.573 e. The predicted octanol–water partition coefficient (Wildman–Crippen LogP) is 2.09. The fraction of sp³-hybridized carbons (Fsp3) is 0.455. The van der Waals surface area contributed by atoms with Crippen molar-refractivity contribution in [1.29, 1.82) is 0 Å². The van der Waals surface area contributed by atoms with E-state index in [0.29, 0.717) is 6.07 Å². The fourth-order valence-corrected chi connectivity index (χ4v) is 1.50. The Kier molecular flexibility index (Phi) is 5.41. The van der Waals surface area contributed by atoms with Gasteiger partial charge in [-0.05, 0) is 6.07 Å². The van der Waals surface area contributed by atoms with Crippen molar-refractivity contribution in [2.75, 3.05) is 7.11 Å². The van der Waals surface area contributed by atoms with Gasteiger partial charge in [-0.3, -0.25) is 9.78 Å². The van der Waals surface area contributed by atoms with Crippen LogP contribution >= 0.6 is 0 Å². The SMILES string of the molecule is COC(=O)Cc1nc(CN)cc(C(F)F)c1OC(F)(F)F. The number of aromatic nitrogens is 1. The van der Waals surface area contributed by atoms with Crippen LogP contribution < -0.4 is 10.5 Å². The monoisotopic (exact) mass is 314 g/mol. The number of hydrogen-bond donors (Lipinski definition) is 1. The molecule has 0 spiro atoms. The van der Waals surface area contributed by atoms with Crippen LogP contribution in [0, 0.1) is 0 Å². The van der Waals surface area contributed by atoms with Gasteiger partial charge in [-0.25, -0.2) is 8.78 Å². The Bertz CT molecular complexity index is 519. The lowest BCUT2D eigenvalue weighted by atomic mass is 10.1. The van der Waals surface area contributed by atoms with Gasteiger partial charge in [0.1, 0.15) is 0 Å². The van der Waals surface area contributed by atoms with E-state index in [9.17, 15) is 26.7 Å². The summed E-state index contributed by atoms with van der Waals surface area (Å²) in [5.41, 5.74) is 3.49. The van der Waals surface area contributed by atoms with Gasteiger partial charge >= 0.3 is 12.3 Å². The molecule has 5 nitrogen and oxygen atoms in total. The van der Waals surface area contributed by atoms with Gasteiger partial charge in [0.25, 0.3) is 6.43 Å². The molecule has 2 N–H and O–H groups in total. The molecule has 0 bridgehead atoms. The zero-order valence-corrected chi connectivity index (χ0v) is 10.7. The van der Waals surface area contributed by atoms with Crippen LogP contribution in [0.3, 0.4) is 0 Å². The topological polar surface area (TPSA) is 74.4 Å². The maximum Gasteiger partial charge on any atom is 0.573 e. The van der Waals surface area contributed by atoms with Gasteiger partial charge in [-0.1, -0.05) is 0 Å². The van der Waals surface area contributed by atoms with Crippen LogP contribution in [0.1, 0.15) is 23.4 Å². The summed E-state index contributed by atoms with van der Waals surface area (Å²) in [5, 5.41) is 0. The van der Waals surface area contributed by atoms with Gasteiger partial charge in [0.05, 0.1) is 30.5 Å². The Morgan fingerprint density at radius 3 is 2.48 bits per heavy atom. The van der Waals surface area contributed by atoms with Crippen LogP contribution in [0.4, 0.5) is 22.0 Å². The number of rotatable bonds is 5. The molecule has 118 valence electrons. The molecule has 0 saturated carbocycles. The highest BCUT2D eigenvalue weighted by atomic mass is 19.4. The van der Waals surface area contributed by atoms with Crippen molar-refractivity contribution in [3.05, 3.63) is 23.0 Å². The molecule has 1 aromatic rings. The first-order valence-electron chi connectivity index (χ1n) is 5.51. The standard InChI is InChI=1S/C11H11F5N2O3/c1-20-8(19)3-7-9(21-11(14,15)16)6(10(12)13)2-5(4-17)18-7/h2,10H,3-4,17H2,1H3. The number of esters is 1. The number of methoxy groups -OCH3 is 1. The smallest absolute Gasteiger partial charge is 0.469 e. The second-order valence-electron chi connectivity index (χ2n) is 3.78. The van der Waals surface area contributed by atoms with E-state index in [1.165, 1.54) is 0 Å². The number of nitrogens with two attached hydrogens (primary N) is 1. The van der Waals surface area contributed by atoms with E-state index in [2.05, 4.69) is 14.5 Å². The van der Waals surface area contributed by atoms with E-state index in [-0.39, 0.29) is 12.2 Å². The predicted molar refractivity (Wildman–Crippen MR) is 59.5 cm³/mol. The number of hydrogen-bond acceptors (Lipinski definition) is 5. The maximum atomic E-state index is 12.9. The Morgan fingerprint density at radius 2 is 2.05 bits per heavy atom. The number of pyridine rings is 1. The van der Waals surface area contributed by atoms with Crippen LogP contribution in [0.5, 0.6) is 5.75 Å². The molecule has 10 heteroatoms. The number of carbonyl (C=O) groups excluding carboxylic acids is 1. The fourth-order valence-electron chi connectivity index (χ4n) is 1.50. The van der Waals surface area contributed by atoms with E-state index in [0.717, 1.165) is 7.11 Å². The number of nitrogens with zero attached hydrogens (tertiary/aromatic N) is 1. The van der Waals surface area contributed by atoms with Crippen molar-refractivity contribution in [1.82, 2.24) is 4.98 Å². The number of ether oxygens (including phenoxy) is 2. The van der Waals surface area contributed by atoms with E-state index < -0.39 is 42.2 Å². The first-order chi connectivity index (χ1) is 9.67. The summed E-state index contributed by atoms with van der Waals surface area (Å²) < 4.78 is 70.6. The van der Waals surface area contributed by atoms with Crippen molar-refractivity contribution < 1.29 is 36.2 Å². The summed E-state index contributed by atoms with van der Waals surface area (Å²) in [6.45, 7) is -0.291. The van der Waals surface area contributed by atoms with Crippen LogP contribution in [0.2, 0.25) is 0 Å². The maximum absolute atomic E-state index is 12.9. The summed E-state index contributed by atoms with van der Waals surface area (Å²) in [4.78, 5) is 14.8. The van der Waals surface area contributed by atoms with Gasteiger partial charge in [-0.15, -0.1) is 13.2 Å². The second-order valence-corrected chi connectivity index (χ2v) is 3.78. The third kappa shape index (κ3) is 4.81. The molecule has 0 saturated heterocycles. The zero-order chi connectivity index (χ0) is 16.2. The van der Waals surface area contributed by atoms with Crippen LogP contribution in [0.25, 0.3) is 0 Å². The molecular formula is C11H11F5N2O3. The third-order valence-electron chi connectivity index (χ3n) is 2.33. The minimum Gasteiger partial charge on any atom is -0.469 e. The lowest BCUT2D eigenvalue weighted by Crippen LogP contribution is -2.21. The molecule has 0 aliphatic carbocycles. The number of halogens is 5. The quantitative estimate of drug-likeness (QED) is 0.665. The van der Waals surface area contributed by atoms with Crippen molar-refractivity contribution in [2.45, 2.75) is 25.8 Å². The summed E-state index contributed by atoms with van der Waals surface area (Å²) in [5.74, 6) is -2.16. The van der Waals surface area contributed by atoms with Crippen LogP contribution in [0.15, 0.2) is 6.07 Å². The average Bonchev–Trinajstić information content (AvgIpc) is 2.38. The van der Waals surface area contributed by atoms with E-state index in [1.807, 2.05) is 0 Å².